The summed E-state index contributed by atoms with van der Waals surface area (Å²) < 4.78 is 326. The number of ether oxygens (including phenoxy) is 1. The van der Waals surface area contributed by atoms with Crippen LogP contribution in [-0.2, 0) is 25.0 Å². The zero-order valence-corrected chi connectivity index (χ0v) is 25.4. The number of hydrogen-bond donors (Lipinski definition) is 1. The Balaban J connectivity index is 4.29. The normalized spacial score (nSPS) is 14.5. The molecule has 0 aliphatic heterocycles. The third-order valence-electron chi connectivity index (χ3n) is 6.83. The van der Waals surface area contributed by atoms with Crippen molar-refractivity contribution >= 4 is 35.4 Å². The molecule has 1 amide bonds. The van der Waals surface area contributed by atoms with Crippen molar-refractivity contribution in [1.29, 1.82) is 0 Å². The lowest BCUT2D eigenvalue weighted by atomic mass is 9.82. The molecule has 31 heteroatoms. The molecule has 0 aliphatic carbocycles. The zero-order chi connectivity index (χ0) is 44.2. The van der Waals surface area contributed by atoms with Crippen LogP contribution in [0.1, 0.15) is 28.4 Å². The van der Waals surface area contributed by atoms with Gasteiger partial charge in [-0.3, -0.25) is 9.59 Å². The Morgan fingerprint density at radius 1 is 0.582 bits per heavy atom. The first kappa shape index (κ1) is 48.3. The van der Waals surface area contributed by atoms with Crippen LogP contribution in [0.3, 0.4) is 0 Å². The van der Waals surface area contributed by atoms with Crippen LogP contribution in [0.25, 0.3) is 0 Å². The lowest BCUT2D eigenvalue weighted by molar-refractivity contribution is -0.479. The molecule has 1 aromatic rings. The van der Waals surface area contributed by atoms with E-state index in [0.717, 1.165) is 0 Å². The minimum atomic E-state index is -9.64. The van der Waals surface area contributed by atoms with Crippen LogP contribution in [0.2, 0.25) is 0 Å². The molecule has 1 aromatic carbocycles. The van der Waals surface area contributed by atoms with E-state index in [0.29, 0.717) is 19.1 Å². The van der Waals surface area contributed by atoms with Crippen LogP contribution in [-0.4, -0.2) is 90.2 Å². The molecule has 0 fully saturated rings. The minimum absolute atomic E-state index is 0.0502. The van der Waals surface area contributed by atoms with Crippen LogP contribution >= 0.6 is 0 Å². The average Bonchev–Trinajstić information content (AvgIpc) is 3.00. The molecule has 0 unspecified atom stereocenters. The lowest BCUT2D eigenvalue weighted by Crippen LogP contribution is -2.77. The van der Waals surface area contributed by atoms with Gasteiger partial charge in [-0.1, -0.05) is 0 Å². The van der Waals surface area contributed by atoms with E-state index in [1.807, 2.05) is 0 Å². The fourth-order valence-corrected chi connectivity index (χ4v) is 3.88. The summed E-state index contributed by atoms with van der Waals surface area (Å²) in [5, 5.41) is 1.20. The first-order chi connectivity index (χ1) is 24.1. The molecule has 0 saturated heterocycles. The van der Waals surface area contributed by atoms with Gasteiger partial charge in [-0.15, -0.1) is 0 Å². The molecule has 0 bridgehead atoms. The molecule has 8 nitrogen and oxygen atoms in total. The molecule has 312 valence electrons. The SMILES string of the molecule is CC(=O)OCNC(=O)c1c(N=C=O)cc(N=C=O)c(C)c1C(F)(F)C(F)(F)C(F)(F)C(F)(F)C(F)(F)C(F)(F)C(F)(F)C(F)(F)C(F)(F)C(F)(F)C(F)(F)F. The second kappa shape index (κ2) is 14.1. The van der Waals surface area contributed by atoms with Crippen LogP contribution in [0.15, 0.2) is 16.1 Å². The Morgan fingerprint density at radius 3 is 1.24 bits per heavy atom. The highest BCUT2D eigenvalue weighted by atomic mass is 19.4. The van der Waals surface area contributed by atoms with Gasteiger partial charge in [0.1, 0.15) is 0 Å². The zero-order valence-electron chi connectivity index (χ0n) is 25.4. The summed E-state index contributed by atoms with van der Waals surface area (Å²) in [6.45, 7) is -1.08. The van der Waals surface area contributed by atoms with Gasteiger partial charge in [-0.2, -0.15) is 111 Å². The number of nitrogens with one attached hydrogen (secondary N) is 1. The van der Waals surface area contributed by atoms with Crippen LogP contribution in [0.4, 0.5) is 112 Å². The maximum atomic E-state index is 15.5. The number of esters is 1. The highest BCUT2D eigenvalue weighted by Crippen LogP contribution is 2.68. The van der Waals surface area contributed by atoms with E-state index in [9.17, 15) is 103 Å². The molecular weight excluding hydrogens is 847 g/mol. The van der Waals surface area contributed by atoms with Gasteiger partial charge in [0.2, 0.25) is 12.2 Å². The fourth-order valence-electron chi connectivity index (χ4n) is 3.88. The molecule has 0 atom stereocenters. The van der Waals surface area contributed by atoms with E-state index < -0.39 is 112 Å². The maximum Gasteiger partial charge on any atom is 0.460 e. The highest BCUT2D eigenvalue weighted by Gasteiger charge is 2.99. The maximum absolute atomic E-state index is 15.5. The van der Waals surface area contributed by atoms with Crippen molar-refractivity contribution in [2.45, 2.75) is 79.2 Å². The number of hydrogen-bond acceptors (Lipinski definition) is 7. The largest absolute Gasteiger partial charge is 0.460 e. The average molecular weight is 857 g/mol. The van der Waals surface area contributed by atoms with Gasteiger partial charge in [-0.05, 0) is 18.6 Å². The number of nitrogens with zero attached hydrogens (tertiary/aromatic N) is 2. The smallest absolute Gasteiger partial charge is 0.445 e. The monoisotopic (exact) mass is 857 g/mol. The fraction of sp³-hybridized carbons (Fsp3) is 0.583. The number of carbonyl (C=O) groups is 2. The van der Waals surface area contributed by atoms with E-state index >= 15 is 17.6 Å². The second-order valence-electron chi connectivity index (χ2n) is 10.2. The molecule has 0 spiro atoms. The van der Waals surface area contributed by atoms with Gasteiger partial charge in [0, 0.05) is 12.5 Å². The van der Waals surface area contributed by atoms with E-state index in [2.05, 4.69) is 14.7 Å². The van der Waals surface area contributed by atoms with Gasteiger partial charge in [0.25, 0.3) is 5.91 Å². The standard InChI is InChI=1S/C24H10F23N3O5/c1-7-9(48-4-51)3-10(49-5-52)11(13(54)50-6-55-8(2)53)12(7)14(25,26)15(27,28)16(29,30)17(31,32)18(33,34)19(35,36)20(37,38)21(39,40)22(41,42)23(43,44)24(45,46)47/h3H,6H2,1-2H3,(H,50,54). The van der Waals surface area contributed by atoms with E-state index in [4.69, 9.17) is 0 Å². The number of halogens is 23. The Labute approximate surface area is 285 Å². The summed E-state index contributed by atoms with van der Waals surface area (Å²) in [6, 6.07) is -0.0502. The van der Waals surface area contributed by atoms with Gasteiger partial charge in [-0.25, -0.2) is 9.59 Å². The number of alkyl halides is 23. The highest BCUT2D eigenvalue weighted by molar-refractivity contribution is 6.02. The Hall–Kier alpha value is -4.69. The predicted molar refractivity (Wildman–Crippen MR) is 125 cm³/mol. The Morgan fingerprint density at radius 2 is 0.909 bits per heavy atom. The van der Waals surface area contributed by atoms with Gasteiger partial charge >= 0.3 is 71.4 Å². The van der Waals surface area contributed by atoms with Crippen molar-refractivity contribution in [3.63, 3.8) is 0 Å². The molecule has 55 heavy (non-hydrogen) atoms. The molecule has 0 radical (unpaired) electrons. The lowest BCUT2D eigenvalue weighted by Gasteiger charge is -2.45. The first-order valence-electron chi connectivity index (χ1n) is 12.7. The van der Waals surface area contributed by atoms with Crippen molar-refractivity contribution in [3.05, 3.63) is 22.8 Å². The molecule has 1 rings (SSSR count). The Bertz CT molecular complexity index is 1780. The van der Waals surface area contributed by atoms with Crippen molar-refractivity contribution < 1.29 is 125 Å². The third-order valence-corrected chi connectivity index (χ3v) is 6.83. The number of aliphatic imine (C=N–C) groups is 2. The molecule has 0 saturated carbocycles. The van der Waals surface area contributed by atoms with Crippen molar-refractivity contribution in [2.75, 3.05) is 6.73 Å². The molecule has 1 N–H and O–H groups in total. The third kappa shape index (κ3) is 6.81. The first-order valence-corrected chi connectivity index (χ1v) is 12.7. The van der Waals surface area contributed by atoms with E-state index in [-0.39, 0.29) is 13.0 Å². The number of isocyanates is 2. The van der Waals surface area contributed by atoms with E-state index in [1.54, 1.807) is 0 Å². The summed E-state index contributed by atoms with van der Waals surface area (Å²) in [4.78, 5) is 50.0. The van der Waals surface area contributed by atoms with Crippen LogP contribution in [0, 0.1) is 6.92 Å². The summed E-state index contributed by atoms with van der Waals surface area (Å²) in [6.07, 6.45) is -7.36. The summed E-state index contributed by atoms with van der Waals surface area (Å²) in [5.74, 6) is -94.9. The molecule has 0 aromatic heterocycles. The van der Waals surface area contributed by atoms with Crippen molar-refractivity contribution in [3.8, 4) is 0 Å². The van der Waals surface area contributed by atoms with E-state index in [1.165, 1.54) is 5.32 Å². The second-order valence-corrected chi connectivity index (χ2v) is 10.2. The predicted octanol–water partition coefficient (Wildman–Crippen LogP) is 8.55. The van der Waals surface area contributed by atoms with Crippen molar-refractivity contribution in [1.82, 2.24) is 5.32 Å². The minimum Gasteiger partial charge on any atom is -0.445 e. The topological polar surface area (TPSA) is 114 Å². The van der Waals surface area contributed by atoms with Gasteiger partial charge in [0.15, 0.2) is 6.73 Å². The van der Waals surface area contributed by atoms with Crippen molar-refractivity contribution in [2.24, 2.45) is 9.98 Å². The van der Waals surface area contributed by atoms with Gasteiger partial charge in [0.05, 0.1) is 16.9 Å². The quantitative estimate of drug-likeness (QED) is 0.0625. The Kier molecular flexibility index (Phi) is 12.4. The summed E-state index contributed by atoms with van der Waals surface area (Å²) >= 11 is 0. The number of rotatable bonds is 15. The summed E-state index contributed by atoms with van der Waals surface area (Å²) in [7, 11) is 0. The number of benzene rings is 1. The number of carbonyl (C=O) groups excluding carboxylic acids is 4. The van der Waals surface area contributed by atoms with Crippen LogP contribution in [0.5, 0.6) is 0 Å². The number of amides is 1. The summed E-state index contributed by atoms with van der Waals surface area (Å²) in [5.41, 5.74) is -11.4. The van der Waals surface area contributed by atoms with Crippen LogP contribution < -0.4 is 5.32 Å². The molecule has 0 heterocycles. The molecule has 0 aliphatic rings. The molecular formula is C24H10F23N3O5. The van der Waals surface area contributed by atoms with Gasteiger partial charge < -0.3 is 10.1 Å².